The van der Waals surface area contributed by atoms with E-state index >= 15 is 0 Å². The predicted molar refractivity (Wildman–Crippen MR) is 82.6 cm³/mol. The Morgan fingerprint density at radius 2 is 2.00 bits per heavy atom. The third-order valence-corrected chi connectivity index (χ3v) is 4.25. The number of aromatic amines is 1. The van der Waals surface area contributed by atoms with Crippen LogP contribution in [-0.4, -0.2) is 16.9 Å². The fraction of sp³-hybridized carbons (Fsp3) is 0.125. The van der Waals surface area contributed by atoms with Gasteiger partial charge in [0.25, 0.3) is 0 Å². The van der Waals surface area contributed by atoms with E-state index in [0.717, 1.165) is 26.5 Å². The van der Waals surface area contributed by atoms with Gasteiger partial charge in [-0.3, -0.25) is 0 Å². The molecule has 21 heavy (non-hydrogen) atoms. The Morgan fingerprint density at radius 1 is 1.10 bits per heavy atom. The maximum Gasteiger partial charge on any atom is 0.231 e. The second-order valence-corrected chi connectivity index (χ2v) is 5.82. The highest BCUT2D eigenvalue weighted by molar-refractivity contribution is 9.10. The Hall–Kier alpha value is -1.98. The molecule has 0 bridgehead atoms. The first-order valence-corrected chi connectivity index (χ1v) is 7.36. The number of halogens is 1. The molecule has 0 radical (unpaired) electrons. The van der Waals surface area contributed by atoms with E-state index in [-0.39, 0.29) is 6.79 Å². The summed E-state index contributed by atoms with van der Waals surface area (Å²) in [6.07, 6.45) is 1.17. The quantitative estimate of drug-likeness (QED) is 0.743. The fourth-order valence-electron chi connectivity index (χ4n) is 2.58. The number of nitrogens with one attached hydrogen (secondary N) is 1. The van der Waals surface area contributed by atoms with Crippen LogP contribution in [-0.2, 0) is 0 Å². The molecule has 2 heterocycles. The SMILES string of the molecule is OC(c1cc(Br)c2c(c1)OCO2)c1ccc2[nH]ccc2c1. The molecule has 3 aromatic rings. The van der Waals surface area contributed by atoms with Gasteiger partial charge in [-0.15, -0.1) is 0 Å². The first kappa shape index (κ1) is 12.7. The first-order chi connectivity index (χ1) is 10.2. The molecule has 0 amide bonds. The van der Waals surface area contributed by atoms with Gasteiger partial charge < -0.3 is 19.6 Å². The van der Waals surface area contributed by atoms with Crippen LogP contribution >= 0.6 is 15.9 Å². The lowest BCUT2D eigenvalue weighted by atomic mass is 10.00. The number of hydrogen-bond acceptors (Lipinski definition) is 3. The van der Waals surface area contributed by atoms with Crippen molar-refractivity contribution in [3.63, 3.8) is 0 Å². The van der Waals surface area contributed by atoms with Crippen LogP contribution in [0.4, 0.5) is 0 Å². The summed E-state index contributed by atoms with van der Waals surface area (Å²) in [4.78, 5) is 3.14. The molecule has 0 spiro atoms. The van der Waals surface area contributed by atoms with E-state index in [2.05, 4.69) is 20.9 Å². The number of aromatic nitrogens is 1. The van der Waals surface area contributed by atoms with Crippen molar-refractivity contribution in [2.24, 2.45) is 0 Å². The van der Waals surface area contributed by atoms with E-state index in [1.165, 1.54) is 0 Å². The van der Waals surface area contributed by atoms with Crippen LogP contribution in [0.2, 0.25) is 0 Å². The molecule has 4 nitrogen and oxygen atoms in total. The number of fused-ring (bicyclic) bond motifs is 2. The number of rotatable bonds is 2. The van der Waals surface area contributed by atoms with Crippen molar-refractivity contribution in [1.82, 2.24) is 4.98 Å². The van der Waals surface area contributed by atoms with Crippen molar-refractivity contribution < 1.29 is 14.6 Å². The lowest BCUT2D eigenvalue weighted by molar-refractivity contribution is 0.173. The van der Waals surface area contributed by atoms with Gasteiger partial charge >= 0.3 is 0 Å². The Labute approximate surface area is 129 Å². The predicted octanol–water partition coefficient (Wildman–Crippen LogP) is 3.74. The summed E-state index contributed by atoms with van der Waals surface area (Å²) in [6, 6.07) is 11.5. The van der Waals surface area contributed by atoms with Crippen molar-refractivity contribution in [1.29, 1.82) is 0 Å². The largest absolute Gasteiger partial charge is 0.454 e. The normalized spacial score (nSPS) is 14.6. The van der Waals surface area contributed by atoms with Crippen LogP contribution in [0.3, 0.4) is 0 Å². The molecule has 106 valence electrons. The van der Waals surface area contributed by atoms with Gasteiger partial charge in [0.15, 0.2) is 11.5 Å². The van der Waals surface area contributed by atoms with Crippen molar-refractivity contribution in [2.45, 2.75) is 6.10 Å². The highest BCUT2D eigenvalue weighted by Gasteiger charge is 2.21. The summed E-state index contributed by atoms with van der Waals surface area (Å²) in [5.41, 5.74) is 2.66. The molecule has 1 unspecified atom stereocenters. The highest BCUT2D eigenvalue weighted by Crippen LogP contribution is 2.42. The molecule has 4 rings (SSSR count). The van der Waals surface area contributed by atoms with Crippen LogP contribution in [0, 0.1) is 0 Å². The molecule has 1 aromatic heterocycles. The second kappa shape index (κ2) is 4.79. The zero-order valence-corrected chi connectivity index (χ0v) is 12.6. The molecule has 1 aliphatic rings. The second-order valence-electron chi connectivity index (χ2n) is 4.96. The zero-order valence-electron chi connectivity index (χ0n) is 11.0. The summed E-state index contributed by atoms with van der Waals surface area (Å²) in [5.74, 6) is 1.34. The van der Waals surface area contributed by atoms with Gasteiger partial charge in [0, 0.05) is 11.7 Å². The number of ether oxygens (including phenoxy) is 2. The van der Waals surface area contributed by atoms with E-state index in [0.29, 0.717) is 11.5 Å². The van der Waals surface area contributed by atoms with Crippen molar-refractivity contribution in [3.8, 4) is 11.5 Å². The molecule has 0 aliphatic carbocycles. The van der Waals surface area contributed by atoms with Crippen LogP contribution in [0.1, 0.15) is 17.2 Å². The molecule has 5 heteroatoms. The van der Waals surface area contributed by atoms with Gasteiger partial charge in [0.1, 0.15) is 6.10 Å². The summed E-state index contributed by atoms with van der Waals surface area (Å²) < 4.78 is 11.5. The third-order valence-electron chi connectivity index (χ3n) is 3.66. The van der Waals surface area contributed by atoms with Crippen molar-refractivity contribution >= 4 is 26.8 Å². The third kappa shape index (κ3) is 2.09. The molecule has 0 saturated heterocycles. The smallest absolute Gasteiger partial charge is 0.231 e. The first-order valence-electron chi connectivity index (χ1n) is 6.56. The highest BCUT2D eigenvalue weighted by atomic mass is 79.9. The molecule has 2 N–H and O–H groups in total. The minimum atomic E-state index is -0.713. The van der Waals surface area contributed by atoms with E-state index in [4.69, 9.17) is 9.47 Å². The van der Waals surface area contributed by atoms with Gasteiger partial charge in [0.2, 0.25) is 6.79 Å². The van der Waals surface area contributed by atoms with Gasteiger partial charge in [0.05, 0.1) is 4.47 Å². The Kier molecular flexibility index (Phi) is 2.90. The van der Waals surface area contributed by atoms with Gasteiger partial charge in [-0.2, -0.15) is 0 Å². The number of H-pyrrole nitrogens is 1. The maximum atomic E-state index is 10.6. The van der Waals surface area contributed by atoms with Crippen LogP contribution < -0.4 is 9.47 Å². The molecular formula is C16H12BrNO3. The fourth-order valence-corrected chi connectivity index (χ4v) is 3.15. The summed E-state index contributed by atoms with van der Waals surface area (Å²) in [5, 5.41) is 11.7. The van der Waals surface area contributed by atoms with Crippen molar-refractivity contribution in [3.05, 3.63) is 58.2 Å². The van der Waals surface area contributed by atoms with Crippen LogP contribution in [0.15, 0.2) is 47.1 Å². The maximum absolute atomic E-state index is 10.6. The standard InChI is InChI=1S/C16H12BrNO3/c17-12-6-11(7-14-16(12)21-8-20-14)15(19)10-1-2-13-9(5-10)3-4-18-13/h1-7,15,18-19H,8H2. The average molecular weight is 346 g/mol. The van der Waals surface area contributed by atoms with E-state index in [1.54, 1.807) is 0 Å². The summed E-state index contributed by atoms with van der Waals surface area (Å²) >= 11 is 3.45. The molecule has 1 aliphatic heterocycles. The van der Waals surface area contributed by atoms with Gasteiger partial charge in [-0.05, 0) is 62.8 Å². The summed E-state index contributed by atoms with van der Waals surface area (Å²) in [6.45, 7) is 0.211. The Bertz CT molecular complexity index is 828. The molecule has 2 aromatic carbocycles. The number of aliphatic hydroxyl groups excluding tert-OH is 1. The topological polar surface area (TPSA) is 54.5 Å². The summed E-state index contributed by atoms with van der Waals surface area (Å²) in [7, 11) is 0. The van der Waals surface area contributed by atoms with Crippen molar-refractivity contribution in [2.75, 3.05) is 6.79 Å². The minimum Gasteiger partial charge on any atom is -0.454 e. The van der Waals surface area contributed by atoms with E-state index in [1.807, 2.05) is 42.6 Å². The molecule has 1 atom stereocenters. The van der Waals surface area contributed by atoms with Crippen LogP contribution in [0.25, 0.3) is 10.9 Å². The molecular weight excluding hydrogens is 334 g/mol. The Morgan fingerprint density at radius 3 is 2.90 bits per heavy atom. The Balaban J connectivity index is 1.77. The lowest BCUT2D eigenvalue weighted by Crippen LogP contribution is -1.99. The molecule has 0 fully saturated rings. The molecule has 0 saturated carbocycles. The zero-order chi connectivity index (χ0) is 14.4. The minimum absolute atomic E-state index is 0.211. The van der Waals surface area contributed by atoms with E-state index < -0.39 is 6.10 Å². The number of aliphatic hydroxyl groups is 1. The monoisotopic (exact) mass is 345 g/mol. The van der Waals surface area contributed by atoms with Gasteiger partial charge in [-0.1, -0.05) is 6.07 Å². The average Bonchev–Trinajstić information content (AvgIpc) is 3.14. The van der Waals surface area contributed by atoms with Crippen LogP contribution in [0.5, 0.6) is 11.5 Å². The number of hydrogen-bond donors (Lipinski definition) is 2. The number of benzene rings is 2. The van der Waals surface area contributed by atoms with Gasteiger partial charge in [-0.25, -0.2) is 0 Å². The lowest BCUT2D eigenvalue weighted by Gasteiger charge is -2.13. The van der Waals surface area contributed by atoms with E-state index in [9.17, 15) is 5.11 Å².